The fourth-order valence-electron chi connectivity index (χ4n) is 2.54. The van der Waals surface area contributed by atoms with Gasteiger partial charge in [0.1, 0.15) is 23.9 Å². The second kappa shape index (κ2) is 9.56. The van der Waals surface area contributed by atoms with Gasteiger partial charge in [-0.05, 0) is 43.7 Å². The van der Waals surface area contributed by atoms with Crippen LogP contribution < -0.4 is 24.8 Å². The van der Waals surface area contributed by atoms with Gasteiger partial charge in [0, 0.05) is 11.6 Å². The maximum atomic E-state index is 12.1. The number of ether oxygens (including phenoxy) is 3. The standard InChI is InChI=1S/C20H26N2O4/c1-14-6-5-7-17(12-14)26-11-10-21-20(23)22-15(2)18-9-8-16(24-3)13-19(18)25-4/h5-9,12-13,15H,10-11H2,1-4H3,(H2,21,22,23). The number of carbonyl (C=O) groups excluding carboxylic acids is 1. The Balaban J connectivity index is 1.80. The molecule has 2 aromatic carbocycles. The van der Waals surface area contributed by atoms with Gasteiger partial charge in [0.25, 0.3) is 0 Å². The number of carbonyl (C=O) groups is 1. The number of rotatable bonds is 8. The van der Waals surface area contributed by atoms with Crippen LogP contribution in [0.4, 0.5) is 4.79 Å². The van der Waals surface area contributed by atoms with Crippen LogP contribution in [0, 0.1) is 6.92 Å². The van der Waals surface area contributed by atoms with E-state index < -0.39 is 0 Å². The Morgan fingerprint density at radius 3 is 2.58 bits per heavy atom. The molecule has 0 aliphatic carbocycles. The topological polar surface area (TPSA) is 68.8 Å². The normalized spacial score (nSPS) is 11.4. The molecule has 0 aliphatic heterocycles. The van der Waals surface area contributed by atoms with E-state index in [9.17, 15) is 4.79 Å². The van der Waals surface area contributed by atoms with Crippen molar-refractivity contribution in [3.05, 3.63) is 53.6 Å². The third kappa shape index (κ3) is 5.58. The summed E-state index contributed by atoms with van der Waals surface area (Å²) in [5.41, 5.74) is 2.01. The number of amides is 2. The molecule has 1 atom stereocenters. The molecule has 0 aromatic heterocycles. The smallest absolute Gasteiger partial charge is 0.315 e. The highest BCUT2D eigenvalue weighted by molar-refractivity contribution is 5.74. The van der Waals surface area contributed by atoms with Crippen LogP contribution in [0.15, 0.2) is 42.5 Å². The van der Waals surface area contributed by atoms with E-state index in [1.807, 2.05) is 50.2 Å². The summed E-state index contributed by atoms with van der Waals surface area (Å²) < 4.78 is 16.2. The zero-order valence-corrected chi connectivity index (χ0v) is 15.7. The third-order valence-corrected chi connectivity index (χ3v) is 3.90. The van der Waals surface area contributed by atoms with Gasteiger partial charge in [-0.1, -0.05) is 12.1 Å². The summed E-state index contributed by atoms with van der Waals surface area (Å²) in [6.45, 7) is 4.71. The molecule has 0 radical (unpaired) electrons. The molecule has 0 aliphatic rings. The lowest BCUT2D eigenvalue weighted by molar-refractivity contribution is 0.233. The molecule has 2 aromatic rings. The van der Waals surface area contributed by atoms with Crippen molar-refractivity contribution in [1.82, 2.24) is 10.6 Å². The minimum Gasteiger partial charge on any atom is -0.497 e. The molecule has 0 spiro atoms. The monoisotopic (exact) mass is 358 g/mol. The summed E-state index contributed by atoms with van der Waals surface area (Å²) in [5, 5.41) is 5.68. The van der Waals surface area contributed by atoms with Gasteiger partial charge in [-0.25, -0.2) is 4.79 Å². The summed E-state index contributed by atoms with van der Waals surface area (Å²) in [6.07, 6.45) is 0. The summed E-state index contributed by atoms with van der Waals surface area (Å²) in [5.74, 6) is 2.17. The van der Waals surface area contributed by atoms with Gasteiger partial charge in [0.2, 0.25) is 0 Å². The molecule has 0 bridgehead atoms. The van der Waals surface area contributed by atoms with Crippen molar-refractivity contribution in [3.63, 3.8) is 0 Å². The zero-order chi connectivity index (χ0) is 18.9. The number of urea groups is 1. The van der Waals surface area contributed by atoms with E-state index in [2.05, 4.69) is 10.6 Å². The van der Waals surface area contributed by atoms with Crippen molar-refractivity contribution in [3.8, 4) is 17.2 Å². The van der Waals surface area contributed by atoms with Crippen molar-refractivity contribution in [1.29, 1.82) is 0 Å². The Labute approximate surface area is 154 Å². The maximum Gasteiger partial charge on any atom is 0.315 e. The van der Waals surface area contributed by atoms with Gasteiger partial charge in [-0.3, -0.25) is 0 Å². The van der Waals surface area contributed by atoms with Gasteiger partial charge in [0.15, 0.2) is 0 Å². The number of hydrogen-bond acceptors (Lipinski definition) is 4. The second-order valence-corrected chi connectivity index (χ2v) is 5.89. The molecule has 26 heavy (non-hydrogen) atoms. The van der Waals surface area contributed by atoms with Crippen LogP contribution in [0.5, 0.6) is 17.2 Å². The van der Waals surface area contributed by atoms with Crippen molar-refractivity contribution >= 4 is 6.03 Å². The SMILES string of the molecule is COc1ccc(C(C)NC(=O)NCCOc2cccc(C)c2)c(OC)c1. The highest BCUT2D eigenvalue weighted by Crippen LogP contribution is 2.29. The lowest BCUT2D eigenvalue weighted by atomic mass is 10.1. The first-order valence-corrected chi connectivity index (χ1v) is 8.49. The number of aryl methyl sites for hydroxylation is 1. The Hall–Kier alpha value is -2.89. The lowest BCUT2D eigenvalue weighted by Gasteiger charge is -2.18. The van der Waals surface area contributed by atoms with E-state index in [0.717, 1.165) is 16.9 Å². The van der Waals surface area contributed by atoms with Gasteiger partial charge in [-0.15, -0.1) is 0 Å². The van der Waals surface area contributed by atoms with E-state index >= 15 is 0 Å². The molecule has 0 saturated heterocycles. The molecule has 2 N–H and O–H groups in total. The summed E-state index contributed by atoms with van der Waals surface area (Å²) >= 11 is 0. The summed E-state index contributed by atoms with van der Waals surface area (Å²) in [4.78, 5) is 12.1. The van der Waals surface area contributed by atoms with E-state index in [-0.39, 0.29) is 12.1 Å². The van der Waals surface area contributed by atoms with Crippen LogP contribution >= 0.6 is 0 Å². The van der Waals surface area contributed by atoms with Crippen LogP contribution in [0.1, 0.15) is 24.1 Å². The Kier molecular flexibility index (Phi) is 7.14. The predicted octanol–water partition coefficient (Wildman–Crippen LogP) is 3.45. The highest BCUT2D eigenvalue weighted by Gasteiger charge is 2.14. The summed E-state index contributed by atoms with van der Waals surface area (Å²) in [7, 11) is 3.19. The minimum atomic E-state index is -0.261. The Bertz CT molecular complexity index is 734. The molecule has 0 fully saturated rings. The van der Waals surface area contributed by atoms with E-state index in [1.54, 1.807) is 20.3 Å². The van der Waals surface area contributed by atoms with Gasteiger partial charge in [-0.2, -0.15) is 0 Å². The molecule has 6 nitrogen and oxygen atoms in total. The van der Waals surface area contributed by atoms with Crippen LogP contribution in [0.3, 0.4) is 0 Å². The fourth-order valence-corrected chi connectivity index (χ4v) is 2.54. The lowest BCUT2D eigenvalue weighted by Crippen LogP contribution is -2.39. The Morgan fingerprint density at radius 2 is 1.88 bits per heavy atom. The maximum absolute atomic E-state index is 12.1. The van der Waals surface area contributed by atoms with E-state index in [1.165, 1.54) is 0 Å². The van der Waals surface area contributed by atoms with Gasteiger partial charge in [0.05, 0.1) is 26.8 Å². The molecular formula is C20H26N2O4. The van der Waals surface area contributed by atoms with Crippen molar-refractivity contribution < 1.29 is 19.0 Å². The van der Waals surface area contributed by atoms with Crippen molar-refractivity contribution in [2.24, 2.45) is 0 Å². The third-order valence-electron chi connectivity index (χ3n) is 3.90. The molecule has 6 heteroatoms. The van der Waals surface area contributed by atoms with Crippen LogP contribution in [0.25, 0.3) is 0 Å². The first-order valence-electron chi connectivity index (χ1n) is 8.49. The fraction of sp³-hybridized carbons (Fsp3) is 0.350. The largest absolute Gasteiger partial charge is 0.497 e. The first-order chi connectivity index (χ1) is 12.5. The minimum absolute atomic E-state index is 0.214. The van der Waals surface area contributed by atoms with Gasteiger partial charge < -0.3 is 24.8 Å². The first kappa shape index (κ1) is 19.4. The molecule has 0 heterocycles. The molecule has 0 saturated carbocycles. The van der Waals surface area contributed by atoms with E-state index in [4.69, 9.17) is 14.2 Å². The average Bonchev–Trinajstić information content (AvgIpc) is 2.64. The highest BCUT2D eigenvalue weighted by atomic mass is 16.5. The van der Waals surface area contributed by atoms with Crippen molar-refractivity contribution in [2.45, 2.75) is 19.9 Å². The molecule has 2 amide bonds. The molecular weight excluding hydrogens is 332 g/mol. The summed E-state index contributed by atoms with van der Waals surface area (Å²) in [6, 6.07) is 12.8. The quantitative estimate of drug-likeness (QED) is 0.709. The van der Waals surface area contributed by atoms with Crippen LogP contribution in [-0.2, 0) is 0 Å². The van der Waals surface area contributed by atoms with Crippen molar-refractivity contribution in [2.75, 3.05) is 27.4 Å². The molecule has 2 rings (SSSR count). The zero-order valence-electron chi connectivity index (χ0n) is 15.7. The number of methoxy groups -OCH3 is 2. The second-order valence-electron chi connectivity index (χ2n) is 5.89. The van der Waals surface area contributed by atoms with Gasteiger partial charge >= 0.3 is 6.03 Å². The number of hydrogen-bond donors (Lipinski definition) is 2. The number of benzene rings is 2. The molecule has 140 valence electrons. The number of nitrogens with one attached hydrogen (secondary N) is 2. The predicted molar refractivity (Wildman–Crippen MR) is 101 cm³/mol. The Morgan fingerprint density at radius 1 is 1.08 bits per heavy atom. The molecule has 1 unspecified atom stereocenters. The average molecular weight is 358 g/mol. The van der Waals surface area contributed by atoms with E-state index in [0.29, 0.717) is 24.7 Å². The van der Waals surface area contributed by atoms with Crippen LogP contribution in [0.2, 0.25) is 0 Å². The van der Waals surface area contributed by atoms with Crippen LogP contribution in [-0.4, -0.2) is 33.4 Å².